The van der Waals surface area contributed by atoms with E-state index >= 15 is 0 Å². The second-order valence-electron chi connectivity index (χ2n) is 10.6. The molecule has 38 heavy (non-hydrogen) atoms. The van der Waals surface area contributed by atoms with Crippen LogP contribution in [-0.4, -0.2) is 42.0 Å². The predicted molar refractivity (Wildman–Crippen MR) is 148 cm³/mol. The first-order chi connectivity index (χ1) is 18.1. The van der Waals surface area contributed by atoms with Crippen molar-refractivity contribution in [3.8, 4) is 5.75 Å². The summed E-state index contributed by atoms with van der Waals surface area (Å²) < 4.78 is 11.3. The van der Waals surface area contributed by atoms with Gasteiger partial charge < -0.3 is 19.5 Å². The number of likely N-dealkylation sites (tertiary alicyclic amines) is 1. The molecule has 3 aromatic carbocycles. The smallest absolute Gasteiger partial charge is 0.295 e. The fourth-order valence-electron chi connectivity index (χ4n) is 4.65. The van der Waals surface area contributed by atoms with E-state index in [4.69, 9.17) is 9.47 Å². The minimum absolute atomic E-state index is 0.0699. The first-order valence-corrected chi connectivity index (χ1v) is 12.8. The summed E-state index contributed by atoms with van der Waals surface area (Å²) in [6.45, 7) is 9.00. The number of methoxy groups -OCH3 is 1. The van der Waals surface area contributed by atoms with Gasteiger partial charge in [-0.15, -0.1) is 0 Å². The molecule has 3 aromatic rings. The topological polar surface area (TPSA) is 76.1 Å². The van der Waals surface area contributed by atoms with Gasteiger partial charge in [0.2, 0.25) is 0 Å². The molecule has 0 aliphatic carbocycles. The van der Waals surface area contributed by atoms with Gasteiger partial charge in [0.15, 0.2) is 0 Å². The van der Waals surface area contributed by atoms with Crippen LogP contribution in [0.15, 0.2) is 78.4 Å². The Hall–Kier alpha value is -3.90. The summed E-state index contributed by atoms with van der Waals surface area (Å²) in [6.07, 6.45) is 0. The van der Waals surface area contributed by atoms with E-state index in [0.717, 1.165) is 16.7 Å². The van der Waals surface area contributed by atoms with Gasteiger partial charge in [0.1, 0.15) is 18.1 Å². The number of ketones is 1. The van der Waals surface area contributed by atoms with Crippen LogP contribution in [0.5, 0.6) is 5.75 Å². The zero-order chi connectivity index (χ0) is 27.4. The van der Waals surface area contributed by atoms with Crippen LogP contribution in [0.1, 0.15) is 54.6 Å². The van der Waals surface area contributed by atoms with Crippen LogP contribution < -0.4 is 4.74 Å². The van der Waals surface area contributed by atoms with Gasteiger partial charge in [0.25, 0.3) is 11.7 Å². The predicted octanol–water partition coefficient (Wildman–Crippen LogP) is 5.94. The van der Waals surface area contributed by atoms with E-state index in [-0.39, 0.29) is 29.9 Å². The van der Waals surface area contributed by atoms with Gasteiger partial charge >= 0.3 is 0 Å². The van der Waals surface area contributed by atoms with Crippen molar-refractivity contribution in [2.75, 3.05) is 20.3 Å². The molecule has 0 bridgehead atoms. The highest BCUT2D eigenvalue weighted by molar-refractivity contribution is 6.46. The Morgan fingerprint density at radius 3 is 2.39 bits per heavy atom. The van der Waals surface area contributed by atoms with Crippen LogP contribution in [0.4, 0.5) is 0 Å². The molecule has 6 nitrogen and oxygen atoms in total. The molecule has 1 unspecified atom stereocenters. The number of amides is 1. The number of nitrogens with zero attached hydrogens (tertiary/aromatic N) is 1. The summed E-state index contributed by atoms with van der Waals surface area (Å²) in [5.41, 5.74) is 4.00. The summed E-state index contributed by atoms with van der Waals surface area (Å²) in [5, 5.41) is 11.6. The summed E-state index contributed by atoms with van der Waals surface area (Å²) in [4.78, 5) is 28.0. The largest absolute Gasteiger partial charge is 0.507 e. The number of Topliss-reactive ketones (excluding diaryl/α,β-unsaturated/α-hetero) is 1. The van der Waals surface area contributed by atoms with Crippen LogP contribution in [0.2, 0.25) is 0 Å². The molecule has 1 aliphatic heterocycles. The highest BCUT2D eigenvalue weighted by Crippen LogP contribution is 2.41. The number of aliphatic hydroxyl groups is 1. The lowest BCUT2D eigenvalue weighted by atomic mass is 9.84. The van der Waals surface area contributed by atoms with E-state index in [1.165, 1.54) is 4.90 Å². The molecule has 1 heterocycles. The van der Waals surface area contributed by atoms with E-state index in [9.17, 15) is 14.7 Å². The monoisotopic (exact) mass is 513 g/mol. The Morgan fingerprint density at radius 1 is 0.974 bits per heavy atom. The maximum atomic E-state index is 13.4. The van der Waals surface area contributed by atoms with Crippen LogP contribution in [0, 0.1) is 6.92 Å². The Labute approximate surface area is 224 Å². The van der Waals surface area contributed by atoms with Gasteiger partial charge in [-0.3, -0.25) is 9.59 Å². The Kier molecular flexibility index (Phi) is 8.02. The van der Waals surface area contributed by atoms with Crippen LogP contribution in [0.25, 0.3) is 5.76 Å². The molecule has 0 spiro atoms. The number of hydrogen-bond acceptors (Lipinski definition) is 5. The van der Waals surface area contributed by atoms with Gasteiger partial charge in [-0.2, -0.15) is 0 Å². The molecule has 198 valence electrons. The van der Waals surface area contributed by atoms with Gasteiger partial charge in [0, 0.05) is 19.2 Å². The molecule has 1 N–H and O–H groups in total. The van der Waals surface area contributed by atoms with Gasteiger partial charge in [-0.05, 0) is 52.8 Å². The Balaban J connectivity index is 1.80. The minimum atomic E-state index is -0.775. The number of carbonyl (C=O) groups excluding carboxylic acids is 2. The fourth-order valence-corrected chi connectivity index (χ4v) is 4.65. The van der Waals surface area contributed by atoms with Gasteiger partial charge in [-0.1, -0.05) is 75.4 Å². The zero-order valence-electron chi connectivity index (χ0n) is 22.7. The first-order valence-electron chi connectivity index (χ1n) is 12.8. The van der Waals surface area contributed by atoms with Gasteiger partial charge in [-0.25, -0.2) is 0 Å². The molecule has 1 aliphatic rings. The lowest BCUT2D eigenvalue weighted by Crippen LogP contribution is -2.32. The number of carbonyl (C=O) groups is 2. The Morgan fingerprint density at radius 2 is 1.71 bits per heavy atom. The van der Waals surface area contributed by atoms with Crippen molar-refractivity contribution in [2.45, 2.75) is 45.8 Å². The zero-order valence-corrected chi connectivity index (χ0v) is 22.7. The lowest BCUT2D eigenvalue weighted by Gasteiger charge is -2.26. The number of aliphatic hydroxyl groups excluding tert-OH is 1. The molecule has 1 saturated heterocycles. The molecule has 0 aromatic heterocycles. The third kappa shape index (κ3) is 5.65. The number of benzene rings is 3. The number of hydrogen-bond donors (Lipinski definition) is 1. The van der Waals surface area contributed by atoms with Crippen molar-refractivity contribution in [1.29, 1.82) is 0 Å². The molecular formula is C32H35NO5. The number of aryl methyl sites for hydroxylation is 1. The van der Waals surface area contributed by atoms with Crippen molar-refractivity contribution >= 4 is 17.4 Å². The van der Waals surface area contributed by atoms with Crippen molar-refractivity contribution in [3.05, 3.63) is 106 Å². The molecular weight excluding hydrogens is 478 g/mol. The van der Waals surface area contributed by atoms with E-state index in [1.807, 2.05) is 79.7 Å². The number of rotatable bonds is 8. The third-order valence-corrected chi connectivity index (χ3v) is 6.86. The SMILES string of the molecule is COCCN1C(=O)C(=O)/C(=C(/O)c2cc(C(C)(C)C)ccc2C)C1c1cccc(OCc2ccccc2)c1. The molecule has 1 fully saturated rings. The minimum Gasteiger partial charge on any atom is -0.507 e. The quantitative estimate of drug-likeness (QED) is 0.229. The van der Waals surface area contributed by atoms with E-state index < -0.39 is 17.7 Å². The van der Waals surface area contributed by atoms with Crippen LogP contribution >= 0.6 is 0 Å². The standard InChI is InChI=1S/C32H35NO5/c1-21-14-15-24(32(2,3)4)19-26(21)29(34)27-28(33(16-17-37-5)31(36)30(27)35)23-12-9-13-25(18-23)38-20-22-10-7-6-8-11-22/h6-15,18-19,28,34H,16-17,20H2,1-5H3/b29-27+. The normalized spacial score (nSPS) is 17.2. The molecule has 1 atom stereocenters. The maximum absolute atomic E-state index is 13.4. The molecule has 4 rings (SSSR count). The summed E-state index contributed by atoms with van der Waals surface area (Å²) >= 11 is 0. The average molecular weight is 514 g/mol. The van der Waals surface area contributed by atoms with Crippen molar-refractivity contribution in [1.82, 2.24) is 4.90 Å². The highest BCUT2D eigenvalue weighted by Gasteiger charge is 2.46. The lowest BCUT2D eigenvalue weighted by molar-refractivity contribution is -0.140. The second kappa shape index (κ2) is 11.2. The molecule has 1 amide bonds. The summed E-state index contributed by atoms with van der Waals surface area (Å²) in [5.74, 6) is -0.935. The third-order valence-electron chi connectivity index (χ3n) is 6.86. The highest BCUT2D eigenvalue weighted by atomic mass is 16.5. The fraction of sp³-hybridized carbons (Fsp3) is 0.312. The molecule has 0 radical (unpaired) electrons. The van der Waals surface area contributed by atoms with Crippen LogP contribution in [0.3, 0.4) is 0 Å². The van der Waals surface area contributed by atoms with Crippen molar-refractivity contribution in [2.24, 2.45) is 0 Å². The first kappa shape index (κ1) is 27.1. The van der Waals surface area contributed by atoms with E-state index in [2.05, 4.69) is 20.8 Å². The second-order valence-corrected chi connectivity index (χ2v) is 10.6. The maximum Gasteiger partial charge on any atom is 0.295 e. The van der Waals surface area contributed by atoms with E-state index in [0.29, 0.717) is 23.5 Å². The summed E-state index contributed by atoms with van der Waals surface area (Å²) in [6, 6.07) is 22.3. The molecule has 0 saturated carbocycles. The van der Waals surface area contributed by atoms with E-state index in [1.54, 1.807) is 7.11 Å². The van der Waals surface area contributed by atoms with Crippen LogP contribution in [-0.2, 0) is 26.3 Å². The number of ether oxygens (including phenoxy) is 2. The Bertz CT molecular complexity index is 1350. The van der Waals surface area contributed by atoms with Gasteiger partial charge in [0.05, 0.1) is 18.2 Å². The van der Waals surface area contributed by atoms with Crippen molar-refractivity contribution in [3.63, 3.8) is 0 Å². The molecule has 6 heteroatoms. The van der Waals surface area contributed by atoms with Crippen molar-refractivity contribution < 1.29 is 24.2 Å². The average Bonchev–Trinajstić information content (AvgIpc) is 3.15. The summed E-state index contributed by atoms with van der Waals surface area (Å²) in [7, 11) is 1.55.